The molecule has 0 aliphatic heterocycles. The van der Waals surface area contributed by atoms with Gasteiger partial charge in [0.15, 0.2) is 0 Å². The van der Waals surface area contributed by atoms with Crippen LogP contribution in [0, 0.1) is 0 Å². The van der Waals surface area contributed by atoms with Gasteiger partial charge in [-0.05, 0) is 50.2 Å². The van der Waals surface area contributed by atoms with Gasteiger partial charge < -0.3 is 14.4 Å². The fourth-order valence-electron chi connectivity index (χ4n) is 2.78. The van der Waals surface area contributed by atoms with Crippen LogP contribution in [0.3, 0.4) is 0 Å². The van der Waals surface area contributed by atoms with Gasteiger partial charge in [0, 0.05) is 40.3 Å². The Hall–Kier alpha value is -4.12. The third kappa shape index (κ3) is 5.48. The van der Waals surface area contributed by atoms with Crippen molar-refractivity contribution in [1.82, 2.24) is 0 Å². The quantitative estimate of drug-likeness (QED) is 0.265. The molecule has 0 bridgehead atoms. The lowest BCUT2D eigenvalue weighted by Gasteiger charge is -2.26. The van der Waals surface area contributed by atoms with Crippen LogP contribution in [0.15, 0.2) is 103 Å². The van der Waals surface area contributed by atoms with Crippen LogP contribution in [0.1, 0.15) is 13.8 Å². The maximum atomic E-state index is 11.9. The number of para-hydroxylation sites is 1. The Bertz CT molecular complexity index is 1060. The Morgan fingerprint density at radius 1 is 0.645 bits per heavy atom. The van der Waals surface area contributed by atoms with E-state index in [9.17, 15) is 9.59 Å². The van der Waals surface area contributed by atoms with Gasteiger partial charge in [-0.3, -0.25) is 0 Å². The second-order valence-corrected chi connectivity index (χ2v) is 7.01. The molecule has 0 fully saturated rings. The summed E-state index contributed by atoms with van der Waals surface area (Å²) >= 11 is 0. The van der Waals surface area contributed by atoms with Crippen molar-refractivity contribution in [2.24, 2.45) is 0 Å². The van der Waals surface area contributed by atoms with Gasteiger partial charge in [0.25, 0.3) is 0 Å². The molecular formula is C26H23NO4. The summed E-state index contributed by atoms with van der Waals surface area (Å²) in [6, 6.07) is 24.0. The first-order valence-corrected chi connectivity index (χ1v) is 9.66. The van der Waals surface area contributed by atoms with E-state index in [1.807, 2.05) is 47.4 Å². The number of hydrogen-bond donors (Lipinski definition) is 0. The summed E-state index contributed by atoms with van der Waals surface area (Å²) in [7, 11) is 0. The Kier molecular flexibility index (Phi) is 6.67. The highest BCUT2D eigenvalue weighted by Gasteiger charge is 2.15. The molecule has 0 aliphatic rings. The zero-order chi connectivity index (χ0) is 22.4. The third-order valence-electron chi connectivity index (χ3n) is 4.28. The van der Waals surface area contributed by atoms with Crippen LogP contribution < -0.4 is 14.4 Å². The number of anilines is 3. The van der Waals surface area contributed by atoms with Gasteiger partial charge in [-0.15, -0.1) is 0 Å². The van der Waals surface area contributed by atoms with Gasteiger partial charge >= 0.3 is 11.9 Å². The van der Waals surface area contributed by atoms with Crippen LogP contribution in [0.4, 0.5) is 17.1 Å². The van der Waals surface area contributed by atoms with Crippen molar-refractivity contribution in [3.05, 3.63) is 103 Å². The molecule has 156 valence electrons. The maximum absolute atomic E-state index is 11.9. The molecule has 0 unspecified atom stereocenters. The molecule has 0 N–H and O–H groups in total. The normalized spacial score (nSPS) is 10.1. The van der Waals surface area contributed by atoms with E-state index >= 15 is 0 Å². The van der Waals surface area contributed by atoms with Crippen molar-refractivity contribution in [1.29, 1.82) is 0 Å². The van der Waals surface area contributed by atoms with E-state index in [0.717, 1.165) is 17.1 Å². The lowest BCUT2D eigenvalue weighted by Crippen LogP contribution is -2.12. The summed E-state index contributed by atoms with van der Waals surface area (Å²) in [6.45, 7) is 10.4. The molecule has 0 radical (unpaired) electrons. The van der Waals surface area contributed by atoms with Crippen LogP contribution in [0.5, 0.6) is 11.5 Å². The number of benzene rings is 3. The van der Waals surface area contributed by atoms with Crippen LogP contribution in [0.2, 0.25) is 0 Å². The molecule has 0 amide bonds. The Balaban J connectivity index is 2.03. The number of rotatable bonds is 7. The van der Waals surface area contributed by atoms with Crippen LogP contribution in [-0.4, -0.2) is 11.9 Å². The highest BCUT2D eigenvalue weighted by atomic mass is 16.5. The lowest BCUT2D eigenvalue weighted by molar-refractivity contribution is -0.130. The number of carbonyl (C=O) groups excluding carboxylic acids is 2. The predicted molar refractivity (Wildman–Crippen MR) is 122 cm³/mol. The minimum absolute atomic E-state index is 0.317. The Morgan fingerprint density at radius 2 is 1.06 bits per heavy atom. The zero-order valence-electron chi connectivity index (χ0n) is 17.5. The Morgan fingerprint density at radius 3 is 1.48 bits per heavy atom. The van der Waals surface area contributed by atoms with E-state index in [1.54, 1.807) is 50.2 Å². The molecule has 3 aromatic rings. The molecule has 3 rings (SSSR count). The molecule has 0 atom stereocenters. The fraction of sp³-hybridized carbons (Fsp3) is 0.0769. The molecule has 5 nitrogen and oxygen atoms in total. The van der Waals surface area contributed by atoms with Crippen molar-refractivity contribution in [2.45, 2.75) is 13.8 Å². The molecule has 0 saturated carbocycles. The molecule has 0 saturated heterocycles. The van der Waals surface area contributed by atoms with Crippen LogP contribution in [0.25, 0.3) is 0 Å². The van der Waals surface area contributed by atoms with E-state index in [1.165, 1.54) is 0 Å². The van der Waals surface area contributed by atoms with E-state index in [-0.39, 0.29) is 0 Å². The Labute approximate surface area is 181 Å². The maximum Gasteiger partial charge on any atom is 0.338 e. The predicted octanol–water partition coefficient (Wildman–Crippen LogP) is 6.12. The van der Waals surface area contributed by atoms with Gasteiger partial charge in [0.05, 0.1) is 0 Å². The van der Waals surface area contributed by atoms with Gasteiger partial charge in [0.2, 0.25) is 0 Å². The second-order valence-electron chi connectivity index (χ2n) is 7.01. The molecule has 0 spiro atoms. The van der Waals surface area contributed by atoms with E-state index in [4.69, 9.17) is 9.47 Å². The summed E-state index contributed by atoms with van der Waals surface area (Å²) in [5.74, 6) is -0.179. The first-order chi connectivity index (χ1) is 14.8. The summed E-state index contributed by atoms with van der Waals surface area (Å²) in [4.78, 5) is 25.9. The number of esters is 2. The third-order valence-corrected chi connectivity index (χ3v) is 4.28. The average Bonchev–Trinajstić information content (AvgIpc) is 2.75. The van der Waals surface area contributed by atoms with Crippen molar-refractivity contribution in [3.8, 4) is 11.5 Å². The molecular weight excluding hydrogens is 390 g/mol. The highest BCUT2D eigenvalue weighted by Crippen LogP contribution is 2.37. The summed E-state index contributed by atoms with van der Waals surface area (Å²) in [5.41, 5.74) is 3.05. The van der Waals surface area contributed by atoms with Crippen LogP contribution in [-0.2, 0) is 9.59 Å². The van der Waals surface area contributed by atoms with E-state index in [0.29, 0.717) is 22.6 Å². The number of carbonyl (C=O) groups is 2. The summed E-state index contributed by atoms with van der Waals surface area (Å²) < 4.78 is 10.8. The molecule has 5 heteroatoms. The minimum Gasteiger partial charge on any atom is -0.423 e. The van der Waals surface area contributed by atoms with Gasteiger partial charge in [-0.2, -0.15) is 0 Å². The number of ether oxygens (including phenoxy) is 2. The fourth-order valence-corrected chi connectivity index (χ4v) is 2.78. The first-order valence-electron chi connectivity index (χ1n) is 9.66. The zero-order valence-corrected chi connectivity index (χ0v) is 17.5. The number of nitrogens with zero attached hydrogens (tertiary/aromatic N) is 1. The van der Waals surface area contributed by atoms with E-state index in [2.05, 4.69) is 13.2 Å². The van der Waals surface area contributed by atoms with Crippen molar-refractivity contribution in [3.63, 3.8) is 0 Å². The highest BCUT2D eigenvalue weighted by molar-refractivity contribution is 5.90. The van der Waals surface area contributed by atoms with Crippen molar-refractivity contribution >= 4 is 29.0 Å². The summed E-state index contributed by atoms with van der Waals surface area (Å²) in [6.07, 6.45) is 0. The van der Waals surface area contributed by atoms with Gasteiger partial charge in [-0.25, -0.2) is 9.59 Å². The topological polar surface area (TPSA) is 55.8 Å². The molecule has 0 aromatic heterocycles. The standard InChI is InChI=1S/C26H23NO4/c1-18(2)25(28)30-23-14-8-12-21(16-23)27(20-10-6-5-7-11-20)22-13-9-15-24(17-22)31-26(29)19(3)4/h5-17H,1,3H2,2,4H3. The second kappa shape index (κ2) is 9.59. The minimum atomic E-state index is -0.489. The SMILES string of the molecule is C=C(C)C(=O)Oc1cccc(N(c2ccccc2)c2cccc(OC(=O)C(=C)C)c2)c1. The largest absolute Gasteiger partial charge is 0.423 e. The summed E-state index contributed by atoms with van der Waals surface area (Å²) in [5, 5.41) is 0. The van der Waals surface area contributed by atoms with Crippen LogP contribution >= 0.6 is 0 Å². The lowest BCUT2D eigenvalue weighted by atomic mass is 10.2. The van der Waals surface area contributed by atoms with Gasteiger partial charge in [0.1, 0.15) is 11.5 Å². The van der Waals surface area contributed by atoms with Crippen molar-refractivity contribution < 1.29 is 19.1 Å². The molecule has 3 aromatic carbocycles. The van der Waals surface area contributed by atoms with Crippen molar-refractivity contribution in [2.75, 3.05) is 4.90 Å². The smallest absolute Gasteiger partial charge is 0.338 e. The monoisotopic (exact) mass is 413 g/mol. The number of hydrogen-bond acceptors (Lipinski definition) is 5. The molecule has 31 heavy (non-hydrogen) atoms. The average molecular weight is 413 g/mol. The van der Waals surface area contributed by atoms with E-state index < -0.39 is 11.9 Å². The molecule has 0 heterocycles. The molecule has 0 aliphatic carbocycles. The van der Waals surface area contributed by atoms with Gasteiger partial charge in [-0.1, -0.05) is 43.5 Å². The first kappa shape index (κ1) is 21.6.